The quantitative estimate of drug-likeness (QED) is 0.738. The zero-order valence-corrected chi connectivity index (χ0v) is 8.89. The van der Waals surface area contributed by atoms with Crippen LogP contribution < -0.4 is 0 Å². The van der Waals surface area contributed by atoms with Gasteiger partial charge < -0.3 is 9.84 Å². The average Bonchev–Trinajstić information content (AvgIpc) is 2.74. The van der Waals surface area contributed by atoms with E-state index in [1.165, 1.54) is 0 Å². The zero-order valence-electron chi connectivity index (χ0n) is 8.89. The minimum absolute atomic E-state index is 0.0517. The van der Waals surface area contributed by atoms with Crippen LogP contribution in [-0.4, -0.2) is 52.1 Å². The summed E-state index contributed by atoms with van der Waals surface area (Å²) in [5.41, 5.74) is 1.10. The summed E-state index contributed by atoms with van der Waals surface area (Å²) in [5.74, 6) is 0. The third kappa shape index (κ3) is 2.56. The largest absolute Gasteiger partial charge is 0.394 e. The standard InChI is InChI=1S/C10H17N3O2/c1-8-7-15-10(6-14)5-13(8)4-9-2-3-11-12-9/h2-3,8,10,14H,4-7H2,1H3,(H,11,12). The van der Waals surface area contributed by atoms with E-state index in [1.54, 1.807) is 6.20 Å². The minimum atomic E-state index is -0.0517. The molecule has 1 saturated heterocycles. The van der Waals surface area contributed by atoms with Crippen molar-refractivity contribution in [2.45, 2.75) is 25.6 Å². The lowest BCUT2D eigenvalue weighted by atomic mass is 10.2. The first-order chi connectivity index (χ1) is 7.29. The number of nitrogens with one attached hydrogen (secondary N) is 1. The molecule has 0 bridgehead atoms. The van der Waals surface area contributed by atoms with Gasteiger partial charge in [-0.25, -0.2) is 0 Å². The van der Waals surface area contributed by atoms with Crippen LogP contribution in [0.1, 0.15) is 12.6 Å². The molecule has 0 radical (unpaired) electrons. The fourth-order valence-corrected chi connectivity index (χ4v) is 1.80. The van der Waals surface area contributed by atoms with E-state index in [0.29, 0.717) is 12.6 Å². The van der Waals surface area contributed by atoms with Crippen LogP contribution in [0, 0.1) is 0 Å². The molecule has 15 heavy (non-hydrogen) atoms. The molecule has 0 amide bonds. The number of aliphatic hydroxyl groups is 1. The van der Waals surface area contributed by atoms with E-state index in [0.717, 1.165) is 18.8 Å². The van der Waals surface area contributed by atoms with E-state index in [2.05, 4.69) is 22.0 Å². The van der Waals surface area contributed by atoms with Crippen LogP contribution in [0.25, 0.3) is 0 Å². The Balaban J connectivity index is 1.94. The minimum Gasteiger partial charge on any atom is -0.394 e. The third-order valence-corrected chi connectivity index (χ3v) is 2.77. The van der Waals surface area contributed by atoms with Crippen LogP contribution in [-0.2, 0) is 11.3 Å². The lowest BCUT2D eigenvalue weighted by Crippen LogP contribution is -2.48. The van der Waals surface area contributed by atoms with E-state index in [-0.39, 0.29) is 12.7 Å². The zero-order chi connectivity index (χ0) is 10.7. The van der Waals surface area contributed by atoms with Crippen molar-refractivity contribution in [3.05, 3.63) is 18.0 Å². The lowest BCUT2D eigenvalue weighted by Gasteiger charge is -2.37. The van der Waals surface area contributed by atoms with Gasteiger partial charge in [0.25, 0.3) is 0 Å². The first kappa shape index (κ1) is 10.6. The molecule has 1 aliphatic heterocycles. The lowest BCUT2D eigenvalue weighted by molar-refractivity contribution is -0.0808. The molecule has 2 N–H and O–H groups in total. The highest BCUT2D eigenvalue weighted by atomic mass is 16.5. The predicted molar refractivity (Wildman–Crippen MR) is 55.3 cm³/mol. The SMILES string of the molecule is CC1COC(CO)CN1Cc1ccn[nH]1. The molecule has 0 spiro atoms. The number of rotatable bonds is 3. The van der Waals surface area contributed by atoms with Crippen LogP contribution in [0.4, 0.5) is 0 Å². The van der Waals surface area contributed by atoms with Gasteiger partial charge in [0.2, 0.25) is 0 Å². The van der Waals surface area contributed by atoms with Crippen molar-refractivity contribution in [2.75, 3.05) is 19.8 Å². The van der Waals surface area contributed by atoms with Gasteiger partial charge >= 0.3 is 0 Å². The van der Waals surface area contributed by atoms with Crippen LogP contribution in [0.15, 0.2) is 12.3 Å². The van der Waals surface area contributed by atoms with E-state index < -0.39 is 0 Å². The molecule has 0 aliphatic carbocycles. The monoisotopic (exact) mass is 211 g/mol. The number of hydrogen-bond donors (Lipinski definition) is 2. The van der Waals surface area contributed by atoms with Crippen molar-refractivity contribution >= 4 is 0 Å². The summed E-state index contributed by atoms with van der Waals surface area (Å²) in [6, 6.07) is 2.35. The highest BCUT2D eigenvalue weighted by molar-refractivity contribution is 4.98. The van der Waals surface area contributed by atoms with Crippen molar-refractivity contribution in [3.8, 4) is 0 Å². The van der Waals surface area contributed by atoms with Gasteiger partial charge in [-0.05, 0) is 13.0 Å². The van der Waals surface area contributed by atoms with Crippen molar-refractivity contribution < 1.29 is 9.84 Å². The smallest absolute Gasteiger partial charge is 0.0933 e. The maximum absolute atomic E-state index is 9.05. The predicted octanol–water partition coefficient (Wildman–Crippen LogP) is -0.00870. The van der Waals surface area contributed by atoms with Gasteiger partial charge in [0, 0.05) is 31.0 Å². The molecule has 5 nitrogen and oxygen atoms in total. The van der Waals surface area contributed by atoms with Crippen molar-refractivity contribution in [1.82, 2.24) is 15.1 Å². The van der Waals surface area contributed by atoms with Gasteiger partial charge in [-0.2, -0.15) is 5.10 Å². The Hall–Kier alpha value is -0.910. The Kier molecular flexibility index (Phi) is 3.35. The summed E-state index contributed by atoms with van der Waals surface area (Å²) >= 11 is 0. The molecule has 84 valence electrons. The van der Waals surface area contributed by atoms with Crippen LogP contribution in [0.3, 0.4) is 0 Å². The summed E-state index contributed by atoms with van der Waals surface area (Å²) in [5, 5.41) is 15.9. The molecule has 0 aromatic carbocycles. The van der Waals surface area contributed by atoms with Gasteiger partial charge in [0.15, 0.2) is 0 Å². The van der Waals surface area contributed by atoms with Gasteiger partial charge in [0.05, 0.1) is 19.3 Å². The number of nitrogens with zero attached hydrogens (tertiary/aromatic N) is 2. The molecule has 1 fully saturated rings. The van der Waals surface area contributed by atoms with Crippen LogP contribution in [0.2, 0.25) is 0 Å². The Morgan fingerprint density at radius 2 is 2.60 bits per heavy atom. The molecule has 1 aromatic rings. The normalized spacial score (nSPS) is 28.1. The highest BCUT2D eigenvalue weighted by Crippen LogP contribution is 2.13. The summed E-state index contributed by atoms with van der Waals surface area (Å²) < 4.78 is 5.47. The Morgan fingerprint density at radius 1 is 1.73 bits per heavy atom. The second kappa shape index (κ2) is 4.74. The van der Waals surface area contributed by atoms with Crippen molar-refractivity contribution in [2.24, 2.45) is 0 Å². The molecule has 2 unspecified atom stereocenters. The maximum atomic E-state index is 9.05. The fraction of sp³-hybridized carbons (Fsp3) is 0.700. The number of hydrogen-bond acceptors (Lipinski definition) is 4. The summed E-state index contributed by atoms with van der Waals surface area (Å²) in [6.45, 7) is 4.51. The molecule has 1 aliphatic rings. The molecule has 1 aromatic heterocycles. The summed E-state index contributed by atoms with van der Waals surface area (Å²) in [4.78, 5) is 2.29. The van der Waals surface area contributed by atoms with Gasteiger partial charge in [-0.3, -0.25) is 10.00 Å². The highest BCUT2D eigenvalue weighted by Gasteiger charge is 2.25. The molecule has 5 heteroatoms. The summed E-state index contributed by atoms with van der Waals surface area (Å²) in [7, 11) is 0. The van der Waals surface area contributed by atoms with E-state index >= 15 is 0 Å². The van der Waals surface area contributed by atoms with E-state index in [4.69, 9.17) is 9.84 Å². The fourth-order valence-electron chi connectivity index (χ4n) is 1.80. The topological polar surface area (TPSA) is 61.4 Å². The first-order valence-corrected chi connectivity index (χ1v) is 5.24. The number of aromatic nitrogens is 2. The second-order valence-corrected chi connectivity index (χ2v) is 4.00. The third-order valence-electron chi connectivity index (χ3n) is 2.77. The molecule has 2 heterocycles. The van der Waals surface area contributed by atoms with Gasteiger partial charge in [-0.15, -0.1) is 0 Å². The van der Waals surface area contributed by atoms with E-state index in [1.807, 2.05) is 6.07 Å². The number of aliphatic hydroxyl groups excluding tert-OH is 1. The number of aromatic amines is 1. The second-order valence-electron chi connectivity index (χ2n) is 4.00. The van der Waals surface area contributed by atoms with Crippen LogP contribution >= 0.6 is 0 Å². The van der Waals surface area contributed by atoms with Gasteiger partial charge in [-0.1, -0.05) is 0 Å². The average molecular weight is 211 g/mol. The Morgan fingerprint density at radius 3 is 3.27 bits per heavy atom. The number of ether oxygens (including phenoxy) is 1. The molecule has 2 atom stereocenters. The number of morpholine rings is 1. The molecular formula is C10H17N3O2. The number of H-pyrrole nitrogens is 1. The maximum Gasteiger partial charge on any atom is 0.0933 e. The molecule has 0 saturated carbocycles. The van der Waals surface area contributed by atoms with E-state index in [9.17, 15) is 0 Å². The van der Waals surface area contributed by atoms with Crippen molar-refractivity contribution in [1.29, 1.82) is 0 Å². The molecular weight excluding hydrogens is 194 g/mol. The van der Waals surface area contributed by atoms with Crippen molar-refractivity contribution in [3.63, 3.8) is 0 Å². The Bertz CT molecular complexity index is 289. The summed E-state index contributed by atoms with van der Waals surface area (Å²) in [6.07, 6.45) is 1.70. The molecule has 2 rings (SSSR count). The first-order valence-electron chi connectivity index (χ1n) is 5.24. The Labute approximate surface area is 89.0 Å². The van der Waals surface area contributed by atoms with Crippen LogP contribution in [0.5, 0.6) is 0 Å². The van der Waals surface area contributed by atoms with Gasteiger partial charge in [0.1, 0.15) is 0 Å².